The average molecular weight is 185 g/mol. The van der Waals surface area contributed by atoms with Gasteiger partial charge in [-0.25, -0.2) is 4.79 Å². The molecule has 0 unspecified atom stereocenters. The SMILES string of the molecule is C=C(C)CC(C)(C)C(=O)OC(N)=O. The van der Waals surface area contributed by atoms with Gasteiger partial charge in [-0.2, -0.15) is 0 Å². The van der Waals surface area contributed by atoms with Crippen LogP contribution in [0.4, 0.5) is 4.79 Å². The summed E-state index contributed by atoms with van der Waals surface area (Å²) in [6.07, 6.45) is -0.598. The van der Waals surface area contributed by atoms with Gasteiger partial charge in [0.1, 0.15) is 0 Å². The van der Waals surface area contributed by atoms with Gasteiger partial charge in [0, 0.05) is 0 Å². The van der Waals surface area contributed by atoms with Crippen LogP contribution in [0.5, 0.6) is 0 Å². The number of ether oxygens (including phenoxy) is 1. The highest BCUT2D eigenvalue weighted by Gasteiger charge is 2.30. The number of amides is 1. The lowest BCUT2D eigenvalue weighted by molar-refractivity contribution is -0.146. The van der Waals surface area contributed by atoms with Crippen LogP contribution in [0.1, 0.15) is 27.2 Å². The molecule has 0 bridgehead atoms. The highest BCUT2D eigenvalue weighted by atomic mass is 16.6. The van der Waals surface area contributed by atoms with Crippen LogP contribution < -0.4 is 5.73 Å². The van der Waals surface area contributed by atoms with Gasteiger partial charge in [0.25, 0.3) is 0 Å². The Balaban J connectivity index is 4.35. The van der Waals surface area contributed by atoms with Gasteiger partial charge in [0.05, 0.1) is 5.41 Å². The Morgan fingerprint density at radius 1 is 1.46 bits per heavy atom. The predicted molar refractivity (Wildman–Crippen MR) is 48.9 cm³/mol. The zero-order valence-corrected chi connectivity index (χ0v) is 8.22. The fraction of sp³-hybridized carbons (Fsp3) is 0.556. The van der Waals surface area contributed by atoms with Crippen molar-refractivity contribution in [3.63, 3.8) is 0 Å². The van der Waals surface area contributed by atoms with Gasteiger partial charge in [0.2, 0.25) is 0 Å². The van der Waals surface area contributed by atoms with Gasteiger partial charge in [-0.05, 0) is 27.2 Å². The van der Waals surface area contributed by atoms with Crippen molar-refractivity contribution in [2.24, 2.45) is 11.1 Å². The molecule has 4 nitrogen and oxygen atoms in total. The van der Waals surface area contributed by atoms with Crippen LogP contribution in [-0.2, 0) is 9.53 Å². The number of hydrogen-bond donors (Lipinski definition) is 1. The Hall–Kier alpha value is -1.32. The van der Waals surface area contributed by atoms with Crippen LogP contribution in [0.2, 0.25) is 0 Å². The smallest absolute Gasteiger partial charge is 0.376 e. The number of hydrogen-bond acceptors (Lipinski definition) is 3. The van der Waals surface area contributed by atoms with Crippen LogP contribution >= 0.6 is 0 Å². The van der Waals surface area contributed by atoms with Crippen molar-refractivity contribution in [1.82, 2.24) is 0 Å². The largest absolute Gasteiger partial charge is 0.412 e. The average Bonchev–Trinajstić information content (AvgIpc) is 1.81. The molecule has 1 amide bonds. The first-order chi connectivity index (χ1) is 5.75. The minimum Gasteiger partial charge on any atom is -0.376 e. The lowest BCUT2D eigenvalue weighted by atomic mass is 9.87. The fourth-order valence-corrected chi connectivity index (χ4v) is 1.06. The summed E-state index contributed by atoms with van der Waals surface area (Å²) in [5.41, 5.74) is 4.82. The lowest BCUT2D eigenvalue weighted by Gasteiger charge is -2.20. The monoisotopic (exact) mass is 185 g/mol. The van der Waals surface area contributed by atoms with Crippen LogP contribution in [0, 0.1) is 5.41 Å². The number of allylic oxidation sites excluding steroid dienone is 1. The Morgan fingerprint density at radius 2 is 1.92 bits per heavy atom. The summed E-state index contributed by atoms with van der Waals surface area (Å²) in [5.74, 6) is -0.622. The first kappa shape index (κ1) is 11.7. The van der Waals surface area contributed by atoms with Crippen molar-refractivity contribution < 1.29 is 14.3 Å². The van der Waals surface area contributed by atoms with E-state index in [1.165, 1.54) is 0 Å². The second-order valence-electron chi connectivity index (χ2n) is 3.73. The lowest BCUT2D eigenvalue weighted by Crippen LogP contribution is -2.31. The minimum absolute atomic E-state index is 0.471. The van der Waals surface area contributed by atoms with Gasteiger partial charge in [-0.15, -0.1) is 6.58 Å². The molecule has 0 aliphatic carbocycles. The third kappa shape index (κ3) is 4.30. The van der Waals surface area contributed by atoms with Crippen LogP contribution in [0.15, 0.2) is 12.2 Å². The zero-order chi connectivity index (χ0) is 10.6. The van der Waals surface area contributed by atoms with Gasteiger partial charge in [-0.3, -0.25) is 4.79 Å². The maximum Gasteiger partial charge on any atom is 0.412 e. The van der Waals surface area contributed by atoms with Crippen molar-refractivity contribution >= 4 is 12.1 Å². The summed E-state index contributed by atoms with van der Waals surface area (Å²) in [5, 5.41) is 0. The van der Waals surface area contributed by atoms with Crippen molar-refractivity contribution in [3.8, 4) is 0 Å². The molecule has 0 heterocycles. The summed E-state index contributed by atoms with van der Waals surface area (Å²) < 4.78 is 4.27. The van der Waals surface area contributed by atoms with E-state index in [1.54, 1.807) is 20.8 Å². The minimum atomic E-state index is -1.07. The third-order valence-electron chi connectivity index (χ3n) is 1.49. The molecule has 0 aromatic heterocycles. The number of esters is 1. The molecule has 0 saturated heterocycles. The summed E-state index contributed by atoms with van der Waals surface area (Å²) in [6, 6.07) is 0. The second-order valence-corrected chi connectivity index (χ2v) is 3.73. The van der Waals surface area contributed by atoms with Crippen LogP contribution in [0.3, 0.4) is 0 Å². The summed E-state index contributed by atoms with van der Waals surface area (Å²) in [6.45, 7) is 8.83. The molecular weight excluding hydrogens is 170 g/mol. The molecule has 0 aromatic carbocycles. The van der Waals surface area contributed by atoms with Gasteiger partial charge >= 0.3 is 12.1 Å². The van der Waals surface area contributed by atoms with E-state index >= 15 is 0 Å². The van der Waals surface area contributed by atoms with Crippen LogP contribution in [-0.4, -0.2) is 12.1 Å². The molecule has 2 N–H and O–H groups in total. The summed E-state index contributed by atoms with van der Waals surface area (Å²) >= 11 is 0. The number of rotatable bonds is 3. The number of primary amides is 1. The maximum absolute atomic E-state index is 11.2. The highest BCUT2D eigenvalue weighted by Crippen LogP contribution is 2.25. The van der Waals surface area contributed by atoms with Crippen molar-refractivity contribution in [1.29, 1.82) is 0 Å². The van der Waals surface area contributed by atoms with Crippen molar-refractivity contribution in [2.45, 2.75) is 27.2 Å². The Labute approximate surface area is 77.7 Å². The van der Waals surface area contributed by atoms with Crippen molar-refractivity contribution in [2.75, 3.05) is 0 Å². The van der Waals surface area contributed by atoms with E-state index < -0.39 is 17.5 Å². The fourth-order valence-electron chi connectivity index (χ4n) is 1.06. The zero-order valence-electron chi connectivity index (χ0n) is 8.22. The molecule has 0 aromatic rings. The molecule has 0 rings (SSSR count). The van der Waals surface area contributed by atoms with E-state index in [-0.39, 0.29) is 0 Å². The molecular formula is C9H15NO3. The molecule has 0 spiro atoms. The Morgan fingerprint density at radius 3 is 2.23 bits per heavy atom. The third-order valence-corrected chi connectivity index (χ3v) is 1.49. The Bertz CT molecular complexity index is 243. The number of carbonyl (C=O) groups excluding carboxylic acids is 2. The van der Waals surface area contributed by atoms with Gasteiger partial charge in [0.15, 0.2) is 0 Å². The predicted octanol–water partition coefficient (Wildman–Crippen LogP) is 1.60. The van der Waals surface area contributed by atoms with Crippen molar-refractivity contribution in [3.05, 3.63) is 12.2 Å². The van der Waals surface area contributed by atoms with E-state index in [0.717, 1.165) is 5.57 Å². The topological polar surface area (TPSA) is 69.4 Å². The van der Waals surface area contributed by atoms with E-state index in [2.05, 4.69) is 11.3 Å². The van der Waals surface area contributed by atoms with E-state index in [0.29, 0.717) is 6.42 Å². The maximum atomic E-state index is 11.2. The Kier molecular flexibility index (Phi) is 3.66. The van der Waals surface area contributed by atoms with Gasteiger partial charge in [-0.1, -0.05) is 5.57 Å². The van der Waals surface area contributed by atoms with E-state index in [4.69, 9.17) is 5.73 Å². The van der Waals surface area contributed by atoms with E-state index in [9.17, 15) is 9.59 Å². The number of nitrogens with two attached hydrogens (primary N) is 1. The quantitative estimate of drug-likeness (QED) is 0.412. The molecule has 0 saturated carbocycles. The number of carbonyl (C=O) groups is 2. The summed E-state index contributed by atoms with van der Waals surface area (Å²) in [7, 11) is 0. The molecule has 0 aliphatic heterocycles. The van der Waals surface area contributed by atoms with Crippen LogP contribution in [0.25, 0.3) is 0 Å². The second kappa shape index (κ2) is 4.07. The molecule has 74 valence electrons. The first-order valence-corrected chi connectivity index (χ1v) is 3.92. The highest BCUT2D eigenvalue weighted by molar-refractivity contribution is 5.87. The molecule has 0 aliphatic rings. The van der Waals surface area contributed by atoms with Gasteiger partial charge < -0.3 is 10.5 Å². The molecule has 0 atom stereocenters. The normalized spacial score (nSPS) is 10.7. The standard InChI is InChI=1S/C9H15NO3/c1-6(2)5-9(3,4)7(11)13-8(10)12/h1,5H2,2-4H3,(H2,10,12). The molecule has 0 fully saturated rings. The molecule has 4 heteroatoms. The van der Waals surface area contributed by atoms with E-state index in [1.807, 2.05) is 0 Å². The summed E-state index contributed by atoms with van der Waals surface area (Å²) in [4.78, 5) is 21.5. The first-order valence-electron chi connectivity index (χ1n) is 3.92. The molecule has 0 radical (unpaired) electrons. The molecule has 13 heavy (non-hydrogen) atoms.